The first-order chi connectivity index (χ1) is 11.0. The Labute approximate surface area is 133 Å². The second-order valence-corrected chi connectivity index (χ2v) is 5.64. The molecule has 0 radical (unpaired) electrons. The predicted octanol–water partition coefficient (Wildman–Crippen LogP) is 1.78. The van der Waals surface area contributed by atoms with E-state index in [9.17, 15) is 14.0 Å². The second-order valence-electron chi connectivity index (χ2n) is 5.64. The number of H-pyrrole nitrogens is 1. The highest BCUT2D eigenvalue weighted by molar-refractivity contribution is 5.94. The largest absolute Gasteiger partial charge is 0.368 e. The van der Waals surface area contributed by atoms with Gasteiger partial charge in [0, 0.05) is 37.6 Å². The van der Waals surface area contributed by atoms with Crippen LogP contribution in [0.5, 0.6) is 0 Å². The number of nitrogens with one attached hydrogen (secondary N) is 1. The molecule has 1 aliphatic heterocycles. The fourth-order valence-corrected chi connectivity index (χ4v) is 2.73. The maximum absolute atomic E-state index is 13.0. The Morgan fingerprint density at radius 3 is 2.30 bits per heavy atom. The summed E-state index contributed by atoms with van der Waals surface area (Å²) < 4.78 is 13.0. The molecule has 1 N–H and O–H groups in total. The van der Waals surface area contributed by atoms with Crippen molar-refractivity contribution in [1.82, 2.24) is 9.88 Å². The molecule has 1 aromatic heterocycles. The van der Waals surface area contributed by atoms with Crippen LogP contribution in [-0.2, 0) is 0 Å². The molecule has 1 amide bonds. The summed E-state index contributed by atoms with van der Waals surface area (Å²) in [6, 6.07) is 9.62. The number of carbonyl (C=O) groups excluding carboxylic acids is 1. The quantitative estimate of drug-likeness (QED) is 0.919. The number of anilines is 1. The Hall–Kier alpha value is -2.63. The van der Waals surface area contributed by atoms with Crippen molar-refractivity contribution in [2.24, 2.45) is 0 Å². The first kappa shape index (κ1) is 15.3. The van der Waals surface area contributed by atoms with E-state index in [4.69, 9.17) is 0 Å². The number of aromatic nitrogens is 1. The molecule has 0 saturated carbocycles. The van der Waals surface area contributed by atoms with Gasteiger partial charge in [0.25, 0.3) is 11.5 Å². The van der Waals surface area contributed by atoms with E-state index >= 15 is 0 Å². The third-order valence-corrected chi connectivity index (χ3v) is 4.04. The maximum Gasteiger partial charge on any atom is 0.260 e. The number of rotatable bonds is 2. The van der Waals surface area contributed by atoms with Crippen LogP contribution in [0, 0.1) is 12.7 Å². The molecule has 1 saturated heterocycles. The van der Waals surface area contributed by atoms with E-state index in [0.717, 1.165) is 11.4 Å². The standard InChI is InChI=1S/C17H18FN3O2/c1-12-2-7-15(16(22)19-12)17(23)21-10-8-20(9-11-21)14-5-3-13(18)4-6-14/h2-7H,8-11H2,1H3,(H,19,22). The van der Waals surface area contributed by atoms with Crippen LogP contribution >= 0.6 is 0 Å². The van der Waals surface area contributed by atoms with Crippen LogP contribution in [-0.4, -0.2) is 42.0 Å². The average Bonchev–Trinajstić information content (AvgIpc) is 2.55. The fraction of sp³-hybridized carbons (Fsp3) is 0.294. The molecule has 0 atom stereocenters. The molecule has 1 aliphatic rings. The van der Waals surface area contributed by atoms with Crippen LogP contribution in [0.15, 0.2) is 41.2 Å². The number of halogens is 1. The molecule has 1 fully saturated rings. The van der Waals surface area contributed by atoms with E-state index in [-0.39, 0.29) is 22.8 Å². The van der Waals surface area contributed by atoms with E-state index < -0.39 is 0 Å². The summed E-state index contributed by atoms with van der Waals surface area (Å²) in [5.41, 5.74) is 1.49. The molecule has 2 heterocycles. The summed E-state index contributed by atoms with van der Waals surface area (Å²) in [4.78, 5) is 30.8. The van der Waals surface area contributed by atoms with Gasteiger partial charge in [-0.1, -0.05) is 0 Å². The molecule has 0 spiro atoms. The lowest BCUT2D eigenvalue weighted by Gasteiger charge is -2.36. The van der Waals surface area contributed by atoms with Gasteiger partial charge in [-0.25, -0.2) is 4.39 Å². The molecule has 120 valence electrons. The molecular weight excluding hydrogens is 297 g/mol. The number of benzene rings is 1. The van der Waals surface area contributed by atoms with Gasteiger partial charge in [0.15, 0.2) is 0 Å². The van der Waals surface area contributed by atoms with Crippen LogP contribution in [0.25, 0.3) is 0 Å². The van der Waals surface area contributed by atoms with Crippen LogP contribution in [0.4, 0.5) is 10.1 Å². The topological polar surface area (TPSA) is 56.4 Å². The number of nitrogens with zero attached hydrogens (tertiary/aromatic N) is 2. The van der Waals surface area contributed by atoms with Crippen molar-refractivity contribution in [3.8, 4) is 0 Å². The molecule has 6 heteroatoms. The summed E-state index contributed by atoms with van der Waals surface area (Å²) in [6.07, 6.45) is 0. The Kier molecular flexibility index (Phi) is 4.14. The van der Waals surface area contributed by atoms with Crippen molar-refractivity contribution in [2.45, 2.75) is 6.92 Å². The minimum absolute atomic E-state index is 0.172. The van der Waals surface area contributed by atoms with Gasteiger partial charge in [0.05, 0.1) is 0 Å². The number of pyridine rings is 1. The van der Waals surface area contributed by atoms with E-state index in [0.29, 0.717) is 26.2 Å². The van der Waals surface area contributed by atoms with Crippen LogP contribution in [0.1, 0.15) is 16.1 Å². The van der Waals surface area contributed by atoms with Crippen molar-refractivity contribution in [3.63, 3.8) is 0 Å². The molecule has 2 aromatic rings. The number of aromatic amines is 1. The van der Waals surface area contributed by atoms with Gasteiger partial charge >= 0.3 is 0 Å². The van der Waals surface area contributed by atoms with Crippen molar-refractivity contribution in [2.75, 3.05) is 31.1 Å². The Morgan fingerprint density at radius 1 is 1.04 bits per heavy atom. The molecule has 5 nitrogen and oxygen atoms in total. The van der Waals surface area contributed by atoms with E-state index in [2.05, 4.69) is 9.88 Å². The highest BCUT2D eigenvalue weighted by Gasteiger charge is 2.23. The maximum atomic E-state index is 13.0. The summed E-state index contributed by atoms with van der Waals surface area (Å²) >= 11 is 0. The molecular formula is C17H18FN3O2. The number of hydrogen-bond donors (Lipinski definition) is 1. The van der Waals surface area contributed by atoms with Crippen LogP contribution < -0.4 is 10.5 Å². The zero-order chi connectivity index (χ0) is 16.4. The van der Waals surface area contributed by atoms with Gasteiger partial charge in [-0.15, -0.1) is 0 Å². The minimum atomic E-state index is -0.351. The number of amides is 1. The van der Waals surface area contributed by atoms with Crippen molar-refractivity contribution in [1.29, 1.82) is 0 Å². The second kappa shape index (κ2) is 6.24. The van der Waals surface area contributed by atoms with E-state index in [1.165, 1.54) is 12.1 Å². The summed E-state index contributed by atoms with van der Waals surface area (Å²) in [5.74, 6) is -0.508. The number of hydrogen-bond acceptors (Lipinski definition) is 3. The monoisotopic (exact) mass is 315 g/mol. The average molecular weight is 315 g/mol. The third-order valence-electron chi connectivity index (χ3n) is 4.04. The van der Waals surface area contributed by atoms with Gasteiger partial charge in [-0.05, 0) is 43.3 Å². The van der Waals surface area contributed by atoms with Gasteiger partial charge < -0.3 is 14.8 Å². The summed E-state index contributed by atoms with van der Waals surface area (Å²) in [7, 11) is 0. The molecule has 1 aromatic carbocycles. The minimum Gasteiger partial charge on any atom is -0.368 e. The summed E-state index contributed by atoms with van der Waals surface area (Å²) in [6.45, 7) is 4.15. The number of carbonyl (C=O) groups is 1. The van der Waals surface area contributed by atoms with Crippen LogP contribution in [0.3, 0.4) is 0 Å². The van der Waals surface area contributed by atoms with E-state index in [1.54, 1.807) is 36.1 Å². The van der Waals surface area contributed by atoms with Crippen molar-refractivity contribution in [3.05, 3.63) is 63.8 Å². The van der Waals surface area contributed by atoms with Gasteiger partial charge in [0.1, 0.15) is 11.4 Å². The van der Waals surface area contributed by atoms with Crippen molar-refractivity contribution >= 4 is 11.6 Å². The highest BCUT2D eigenvalue weighted by atomic mass is 19.1. The van der Waals surface area contributed by atoms with Gasteiger partial charge in [-0.2, -0.15) is 0 Å². The normalized spacial score (nSPS) is 14.9. The zero-order valence-electron chi connectivity index (χ0n) is 12.9. The van der Waals surface area contributed by atoms with Gasteiger partial charge in [-0.3, -0.25) is 9.59 Å². The van der Waals surface area contributed by atoms with Crippen molar-refractivity contribution < 1.29 is 9.18 Å². The fourth-order valence-electron chi connectivity index (χ4n) is 2.73. The molecule has 0 unspecified atom stereocenters. The lowest BCUT2D eigenvalue weighted by molar-refractivity contribution is 0.0745. The predicted molar refractivity (Wildman–Crippen MR) is 86.3 cm³/mol. The highest BCUT2D eigenvalue weighted by Crippen LogP contribution is 2.17. The molecule has 0 bridgehead atoms. The Bertz CT molecular complexity index is 762. The Morgan fingerprint density at radius 2 is 1.70 bits per heavy atom. The van der Waals surface area contributed by atoms with Crippen LogP contribution in [0.2, 0.25) is 0 Å². The smallest absolute Gasteiger partial charge is 0.260 e. The zero-order valence-corrected chi connectivity index (χ0v) is 12.9. The Balaban J connectivity index is 1.67. The summed E-state index contributed by atoms with van der Waals surface area (Å²) in [5, 5.41) is 0. The first-order valence-electron chi connectivity index (χ1n) is 7.54. The lowest BCUT2D eigenvalue weighted by Crippen LogP contribution is -2.49. The van der Waals surface area contributed by atoms with E-state index in [1.807, 2.05) is 0 Å². The first-order valence-corrected chi connectivity index (χ1v) is 7.54. The molecule has 0 aliphatic carbocycles. The number of aryl methyl sites for hydroxylation is 1. The SMILES string of the molecule is Cc1ccc(C(=O)N2CCN(c3ccc(F)cc3)CC2)c(=O)[nH]1. The lowest BCUT2D eigenvalue weighted by atomic mass is 10.2. The third kappa shape index (κ3) is 3.26. The van der Waals surface area contributed by atoms with Gasteiger partial charge in [0.2, 0.25) is 0 Å². The number of piperazine rings is 1. The molecule has 23 heavy (non-hydrogen) atoms. The molecule has 3 rings (SSSR count).